The number of aryl methyl sites for hydroxylation is 2. The van der Waals surface area contributed by atoms with E-state index in [0.29, 0.717) is 16.9 Å². The third-order valence-corrected chi connectivity index (χ3v) is 3.70. The van der Waals surface area contributed by atoms with Gasteiger partial charge in [0, 0.05) is 0 Å². The van der Waals surface area contributed by atoms with Crippen LogP contribution in [-0.4, -0.2) is 18.1 Å². The molecule has 0 heterocycles. The number of rotatable bonds is 3. The van der Waals surface area contributed by atoms with Gasteiger partial charge in [0.05, 0.1) is 10.6 Å². The molecular formula is C14H14N2O4S. The Hall–Kier alpha value is -2.25. The average Bonchev–Trinajstić information content (AvgIpc) is 2.40. The van der Waals surface area contributed by atoms with Gasteiger partial charge in [-0.1, -0.05) is 6.07 Å². The quantitative estimate of drug-likeness (QED) is 0.667. The fourth-order valence-corrected chi connectivity index (χ4v) is 2.29. The Balaban J connectivity index is 2.30. The maximum absolute atomic E-state index is 10.9. The summed E-state index contributed by atoms with van der Waals surface area (Å²) in [5.74, 6) is 0.0545. The number of hydrogen-bond donors (Lipinski definition) is 2. The fraction of sp³-hybridized carbons (Fsp3) is 0.143. The normalized spacial score (nSPS) is 12.0. The number of phenolic OH excluding ortho intramolecular Hbond substituents is 1. The summed E-state index contributed by atoms with van der Waals surface area (Å²) in [5, 5.41) is 17.8. The SMILES string of the molecule is Cc1cc(C)c(O)c(N=Nc2ccc(S(=O)(=O)O)cc2)c1. The van der Waals surface area contributed by atoms with Crippen molar-refractivity contribution < 1.29 is 18.1 Å². The molecule has 6 nitrogen and oxygen atoms in total. The van der Waals surface area contributed by atoms with Crippen molar-refractivity contribution in [2.45, 2.75) is 18.7 Å². The summed E-state index contributed by atoms with van der Waals surface area (Å²) < 4.78 is 30.7. The molecule has 0 aliphatic carbocycles. The Bertz CT molecular complexity index is 796. The Labute approximate surface area is 122 Å². The molecule has 2 aromatic rings. The monoisotopic (exact) mass is 306 g/mol. The molecule has 0 amide bonds. The smallest absolute Gasteiger partial charge is 0.294 e. The van der Waals surface area contributed by atoms with Crippen molar-refractivity contribution in [3.63, 3.8) is 0 Å². The van der Waals surface area contributed by atoms with Gasteiger partial charge in [-0.25, -0.2) is 0 Å². The van der Waals surface area contributed by atoms with Crippen LogP contribution in [0.5, 0.6) is 5.75 Å². The Morgan fingerprint density at radius 1 is 1.00 bits per heavy atom. The highest BCUT2D eigenvalue weighted by Crippen LogP contribution is 2.32. The van der Waals surface area contributed by atoms with Crippen molar-refractivity contribution in [1.29, 1.82) is 0 Å². The number of nitrogens with zero attached hydrogens (tertiary/aromatic N) is 2. The number of azo groups is 1. The summed E-state index contributed by atoms with van der Waals surface area (Å²) in [6, 6.07) is 8.79. The minimum absolute atomic E-state index is 0.0545. The van der Waals surface area contributed by atoms with Gasteiger partial charge in [-0.3, -0.25) is 4.55 Å². The minimum Gasteiger partial charge on any atom is -0.505 e. The molecule has 0 fully saturated rings. The fourth-order valence-electron chi connectivity index (χ4n) is 1.81. The van der Waals surface area contributed by atoms with Gasteiger partial charge < -0.3 is 5.11 Å². The van der Waals surface area contributed by atoms with Crippen molar-refractivity contribution in [2.75, 3.05) is 0 Å². The molecule has 21 heavy (non-hydrogen) atoms. The van der Waals surface area contributed by atoms with E-state index in [1.807, 2.05) is 13.0 Å². The van der Waals surface area contributed by atoms with E-state index in [1.54, 1.807) is 13.0 Å². The lowest BCUT2D eigenvalue weighted by Crippen LogP contribution is -1.96. The number of aromatic hydroxyl groups is 1. The lowest BCUT2D eigenvalue weighted by Gasteiger charge is -2.03. The van der Waals surface area contributed by atoms with E-state index < -0.39 is 10.1 Å². The van der Waals surface area contributed by atoms with Gasteiger partial charge in [0.25, 0.3) is 10.1 Å². The molecule has 0 spiro atoms. The van der Waals surface area contributed by atoms with E-state index in [9.17, 15) is 13.5 Å². The first-order valence-corrected chi connectivity index (χ1v) is 7.51. The van der Waals surface area contributed by atoms with Crippen LogP contribution in [0.2, 0.25) is 0 Å². The first-order valence-electron chi connectivity index (χ1n) is 6.07. The molecule has 0 aliphatic rings. The zero-order chi connectivity index (χ0) is 15.6. The van der Waals surface area contributed by atoms with E-state index in [-0.39, 0.29) is 10.6 Å². The van der Waals surface area contributed by atoms with Gasteiger partial charge in [-0.15, -0.1) is 5.11 Å². The van der Waals surface area contributed by atoms with Crippen LogP contribution in [0.25, 0.3) is 0 Å². The van der Waals surface area contributed by atoms with Crippen molar-refractivity contribution in [3.05, 3.63) is 47.5 Å². The zero-order valence-corrected chi connectivity index (χ0v) is 12.3. The molecule has 0 radical (unpaired) electrons. The van der Waals surface area contributed by atoms with Crippen molar-refractivity contribution >= 4 is 21.5 Å². The molecular weight excluding hydrogens is 292 g/mol. The molecule has 2 N–H and O–H groups in total. The first-order chi connectivity index (χ1) is 9.77. The van der Waals surface area contributed by atoms with Crippen LogP contribution < -0.4 is 0 Å². The van der Waals surface area contributed by atoms with Gasteiger partial charge in [0.15, 0.2) is 0 Å². The summed E-state index contributed by atoms with van der Waals surface area (Å²) in [6.45, 7) is 3.65. The Kier molecular flexibility index (Phi) is 4.06. The molecule has 0 atom stereocenters. The number of hydrogen-bond acceptors (Lipinski definition) is 5. The molecule has 0 saturated heterocycles. The molecule has 0 saturated carbocycles. The summed E-state index contributed by atoms with van der Waals surface area (Å²) in [5.41, 5.74) is 2.39. The van der Waals surface area contributed by atoms with E-state index in [4.69, 9.17) is 4.55 Å². The Morgan fingerprint density at radius 2 is 1.62 bits per heavy atom. The van der Waals surface area contributed by atoms with Crippen LogP contribution in [0.3, 0.4) is 0 Å². The lowest BCUT2D eigenvalue weighted by atomic mass is 10.1. The van der Waals surface area contributed by atoms with Crippen LogP contribution in [0.15, 0.2) is 51.5 Å². The summed E-state index contributed by atoms with van der Waals surface area (Å²) in [7, 11) is -4.22. The molecule has 0 unspecified atom stereocenters. The highest BCUT2D eigenvalue weighted by molar-refractivity contribution is 7.85. The largest absolute Gasteiger partial charge is 0.505 e. The number of phenols is 1. The molecule has 7 heteroatoms. The van der Waals surface area contributed by atoms with Crippen molar-refractivity contribution in [2.24, 2.45) is 10.2 Å². The Morgan fingerprint density at radius 3 is 2.19 bits per heavy atom. The van der Waals surface area contributed by atoms with Crippen LogP contribution in [0, 0.1) is 13.8 Å². The predicted molar refractivity (Wildman–Crippen MR) is 78.0 cm³/mol. The van der Waals surface area contributed by atoms with Crippen molar-refractivity contribution in [1.82, 2.24) is 0 Å². The summed E-state index contributed by atoms with van der Waals surface area (Å²) in [6.07, 6.45) is 0. The highest BCUT2D eigenvalue weighted by atomic mass is 32.2. The van der Waals surface area contributed by atoms with Gasteiger partial charge in [0.2, 0.25) is 0 Å². The lowest BCUT2D eigenvalue weighted by molar-refractivity contribution is 0.472. The third-order valence-electron chi connectivity index (χ3n) is 2.83. The second-order valence-corrected chi connectivity index (χ2v) is 6.04. The number of benzene rings is 2. The average molecular weight is 306 g/mol. The van der Waals surface area contributed by atoms with Crippen LogP contribution in [-0.2, 0) is 10.1 Å². The first kappa shape index (κ1) is 15.1. The van der Waals surface area contributed by atoms with Gasteiger partial charge in [0.1, 0.15) is 11.4 Å². The zero-order valence-electron chi connectivity index (χ0n) is 11.5. The van der Waals surface area contributed by atoms with Gasteiger partial charge >= 0.3 is 0 Å². The maximum Gasteiger partial charge on any atom is 0.294 e. The van der Waals surface area contributed by atoms with E-state index in [0.717, 1.165) is 5.56 Å². The van der Waals surface area contributed by atoms with Gasteiger partial charge in [-0.2, -0.15) is 13.5 Å². The predicted octanol–water partition coefficient (Wildman–Crippen LogP) is 3.67. The van der Waals surface area contributed by atoms with E-state index in [2.05, 4.69) is 10.2 Å². The molecule has 0 aromatic heterocycles. The molecule has 0 bridgehead atoms. The third kappa shape index (κ3) is 3.65. The van der Waals surface area contributed by atoms with Crippen LogP contribution in [0.4, 0.5) is 11.4 Å². The molecule has 0 aliphatic heterocycles. The van der Waals surface area contributed by atoms with Crippen molar-refractivity contribution in [3.8, 4) is 5.75 Å². The summed E-state index contributed by atoms with van der Waals surface area (Å²) >= 11 is 0. The topological polar surface area (TPSA) is 99.3 Å². The summed E-state index contributed by atoms with van der Waals surface area (Å²) in [4.78, 5) is -0.212. The van der Waals surface area contributed by atoms with Crippen LogP contribution >= 0.6 is 0 Å². The second-order valence-electron chi connectivity index (χ2n) is 4.62. The maximum atomic E-state index is 10.9. The second kappa shape index (κ2) is 5.63. The molecule has 2 aromatic carbocycles. The molecule has 2 rings (SSSR count). The van der Waals surface area contributed by atoms with Crippen LogP contribution in [0.1, 0.15) is 11.1 Å². The van der Waals surface area contributed by atoms with E-state index in [1.165, 1.54) is 24.3 Å². The van der Waals surface area contributed by atoms with E-state index >= 15 is 0 Å². The molecule has 110 valence electrons. The van der Waals surface area contributed by atoms with Gasteiger partial charge in [-0.05, 0) is 55.3 Å². The highest BCUT2D eigenvalue weighted by Gasteiger charge is 2.08. The minimum atomic E-state index is -4.22. The standard InChI is InChI=1S/C14H14N2O4S/c1-9-7-10(2)14(17)13(8-9)16-15-11-3-5-12(6-4-11)21(18,19)20/h3-8,17H,1-2H3,(H,18,19,20).